The van der Waals surface area contributed by atoms with Gasteiger partial charge in [0.2, 0.25) is 0 Å². The van der Waals surface area contributed by atoms with E-state index in [0.717, 1.165) is 35.7 Å². The maximum atomic E-state index is 5.96. The van der Waals surface area contributed by atoms with E-state index in [1.54, 1.807) is 0 Å². The molecule has 1 aliphatic heterocycles. The molecule has 98 valence electrons. The van der Waals surface area contributed by atoms with Crippen molar-refractivity contribution >= 4 is 5.69 Å². The quantitative estimate of drug-likeness (QED) is 0.836. The van der Waals surface area contributed by atoms with Gasteiger partial charge in [-0.15, -0.1) is 0 Å². The predicted octanol–water partition coefficient (Wildman–Crippen LogP) is 3.39. The number of ether oxygens (including phenoxy) is 1. The van der Waals surface area contributed by atoms with Crippen molar-refractivity contribution in [2.75, 3.05) is 12.3 Å². The zero-order chi connectivity index (χ0) is 13.4. The van der Waals surface area contributed by atoms with E-state index in [0.29, 0.717) is 5.92 Å². The molecule has 1 aliphatic rings. The summed E-state index contributed by atoms with van der Waals surface area (Å²) in [6.45, 7) is 5.06. The first-order valence-electron chi connectivity index (χ1n) is 6.66. The van der Waals surface area contributed by atoms with Crippen molar-refractivity contribution in [3.8, 4) is 17.0 Å². The van der Waals surface area contributed by atoms with Crippen molar-refractivity contribution in [3.63, 3.8) is 0 Å². The third kappa shape index (κ3) is 2.16. The topological polar surface area (TPSA) is 48.1 Å². The Morgan fingerprint density at radius 2 is 2.11 bits per heavy atom. The van der Waals surface area contributed by atoms with Crippen molar-refractivity contribution < 1.29 is 4.74 Å². The summed E-state index contributed by atoms with van der Waals surface area (Å²) in [5, 5.41) is 0. The number of nitrogen functional groups attached to an aromatic ring is 1. The maximum absolute atomic E-state index is 5.96. The summed E-state index contributed by atoms with van der Waals surface area (Å²) in [5.41, 5.74) is 11.1. The average molecular weight is 254 g/mol. The fourth-order valence-corrected chi connectivity index (χ4v) is 2.43. The highest BCUT2D eigenvalue weighted by atomic mass is 16.5. The Hall–Kier alpha value is -2.03. The van der Waals surface area contributed by atoms with E-state index < -0.39 is 0 Å². The summed E-state index contributed by atoms with van der Waals surface area (Å²) in [5.74, 6) is 1.43. The molecule has 0 amide bonds. The lowest BCUT2D eigenvalue weighted by atomic mass is 10.0. The van der Waals surface area contributed by atoms with Crippen LogP contribution in [0.1, 0.15) is 30.9 Å². The second-order valence-corrected chi connectivity index (χ2v) is 5.29. The molecule has 0 unspecified atom stereocenters. The summed E-state index contributed by atoms with van der Waals surface area (Å²) in [7, 11) is 0. The standard InChI is InChI=1S/C16H18N2O/c1-10(2)12-3-4-15(18-9-12)14-8-13(17)7-11-5-6-19-16(11)14/h3-4,7-10H,5-6,17H2,1-2H3. The summed E-state index contributed by atoms with van der Waals surface area (Å²) < 4.78 is 5.72. The Bertz CT molecular complexity index is 603. The molecule has 0 aliphatic carbocycles. The van der Waals surface area contributed by atoms with Gasteiger partial charge in [0.15, 0.2) is 0 Å². The number of fused-ring (bicyclic) bond motifs is 1. The Kier molecular flexibility index (Phi) is 2.90. The van der Waals surface area contributed by atoms with Gasteiger partial charge < -0.3 is 10.5 Å². The van der Waals surface area contributed by atoms with Crippen LogP contribution in [0.4, 0.5) is 5.69 Å². The molecule has 0 saturated heterocycles. The molecular formula is C16H18N2O. The van der Waals surface area contributed by atoms with Crippen LogP contribution < -0.4 is 10.5 Å². The minimum absolute atomic E-state index is 0.490. The van der Waals surface area contributed by atoms with E-state index >= 15 is 0 Å². The lowest BCUT2D eigenvalue weighted by Crippen LogP contribution is -1.94. The molecule has 2 heterocycles. The number of pyridine rings is 1. The van der Waals surface area contributed by atoms with Crippen LogP contribution in [0.5, 0.6) is 5.75 Å². The van der Waals surface area contributed by atoms with Gasteiger partial charge in [-0.3, -0.25) is 4.98 Å². The van der Waals surface area contributed by atoms with Crippen LogP contribution in [0.15, 0.2) is 30.5 Å². The number of anilines is 1. The zero-order valence-electron chi connectivity index (χ0n) is 11.3. The molecule has 3 rings (SSSR count). The van der Waals surface area contributed by atoms with E-state index in [4.69, 9.17) is 10.5 Å². The van der Waals surface area contributed by atoms with Crippen LogP contribution in [0.3, 0.4) is 0 Å². The second-order valence-electron chi connectivity index (χ2n) is 5.29. The number of rotatable bonds is 2. The van der Waals surface area contributed by atoms with Crippen LogP contribution in [-0.4, -0.2) is 11.6 Å². The van der Waals surface area contributed by atoms with Crippen molar-refractivity contribution in [3.05, 3.63) is 41.6 Å². The molecule has 3 nitrogen and oxygen atoms in total. The van der Waals surface area contributed by atoms with E-state index in [-0.39, 0.29) is 0 Å². The fraction of sp³-hybridized carbons (Fsp3) is 0.312. The second kappa shape index (κ2) is 4.57. The molecule has 19 heavy (non-hydrogen) atoms. The van der Waals surface area contributed by atoms with Crippen LogP contribution in [0.25, 0.3) is 11.3 Å². The molecule has 0 saturated carbocycles. The first kappa shape index (κ1) is 12.0. The van der Waals surface area contributed by atoms with E-state index in [9.17, 15) is 0 Å². The molecule has 2 aromatic rings. The Labute approximate surface area is 113 Å². The third-order valence-corrected chi connectivity index (χ3v) is 3.53. The minimum atomic E-state index is 0.490. The monoisotopic (exact) mass is 254 g/mol. The van der Waals surface area contributed by atoms with Crippen LogP contribution in [0, 0.1) is 0 Å². The van der Waals surface area contributed by atoms with Crippen LogP contribution in [-0.2, 0) is 6.42 Å². The molecule has 0 spiro atoms. The number of nitrogens with zero attached hydrogens (tertiary/aromatic N) is 1. The highest BCUT2D eigenvalue weighted by Crippen LogP contribution is 2.38. The van der Waals surface area contributed by atoms with Crippen molar-refractivity contribution in [1.29, 1.82) is 0 Å². The van der Waals surface area contributed by atoms with E-state index in [2.05, 4.69) is 24.9 Å². The highest BCUT2D eigenvalue weighted by Gasteiger charge is 2.19. The van der Waals surface area contributed by atoms with Gasteiger partial charge >= 0.3 is 0 Å². The van der Waals surface area contributed by atoms with Gasteiger partial charge in [-0.1, -0.05) is 19.9 Å². The molecule has 1 aromatic carbocycles. The summed E-state index contributed by atoms with van der Waals surface area (Å²) in [6, 6.07) is 8.11. The zero-order valence-corrected chi connectivity index (χ0v) is 11.3. The van der Waals surface area contributed by atoms with Crippen molar-refractivity contribution in [2.45, 2.75) is 26.2 Å². The fourth-order valence-electron chi connectivity index (χ4n) is 2.43. The van der Waals surface area contributed by atoms with Gasteiger partial charge in [0, 0.05) is 29.4 Å². The smallest absolute Gasteiger partial charge is 0.132 e. The molecule has 1 aromatic heterocycles. The van der Waals surface area contributed by atoms with Gasteiger partial charge in [0.25, 0.3) is 0 Å². The molecule has 0 bridgehead atoms. The van der Waals surface area contributed by atoms with Gasteiger partial charge in [0.05, 0.1) is 12.3 Å². The van der Waals surface area contributed by atoms with Gasteiger partial charge in [-0.25, -0.2) is 0 Å². The largest absolute Gasteiger partial charge is 0.492 e. The van der Waals surface area contributed by atoms with Crippen LogP contribution >= 0.6 is 0 Å². The minimum Gasteiger partial charge on any atom is -0.492 e. The molecular weight excluding hydrogens is 236 g/mol. The molecule has 2 N–H and O–H groups in total. The first-order chi connectivity index (χ1) is 9.15. The Balaban J connectivity index is 2.07. The molecule has 0 fully saturated rings. The summed E-state index contributed by atoms with van der Waals surface area (Å²) in [6.07, 6.45) is 2.86. The SMILES string of the molecule is CC(C)c1ccc(-c2cc(N)cc3c2OCC3)nc1. The summed E-state index contributed by atoms with van der Waals surface area (Å²) in [4.78, 5) is 4.55. The van der Waals surface area contributed by atoms with Gasteiger partial charge in [-0.2, -0.15) is 0 Å². The normalized spacial score (nSPS) is 13.4. The number of hydrogen-bond donors (Lipinski definition) is 1. The Morgan fingerprint density at radius 1 is 1.26 bits per heavy atom. The van der Waals surface area contributed by atoms with Gasteiger partial charge in [-0.05, 0) is 29.7 Å². The van der Waals surface area contributed by atoms with E-state index in [1.807, 2.05) is 24.4 Å². The number of nitrogens with two attached hydrogens (primary N) is 1. The third-order valence-electron chi connectivity index (χ3n) is 3.53. The highest BCUT2D eigenvalue weighted by molar-refractivity contribution is 5.74. The molecule has 3 heteroatoms. The first-order valence-corrected chi connectivity index (χ1v) is 6.66. The Morgan fingerprint density at radius 3 is 2.79 bits per heavy atom. The molecule has 0 radical (unpaired) electrons. The average Bonchev–Trinajstić information content (AvgIpc) is 2.85. The van der Waals surface area contributed by atoms with Crippen molar-refractivity contribution in [2.24, 2.45) is 0 Å². The predicted molar refractivity (Wildman–Crippen MR) is 77.4 cm³/mol. The molecule has 0 atom stereocenters. The lowest BCUT2D eigenvalue weighted by Gasteiger charge is -2.10. The summed E-state index contributed by atoms with van der Waals surface area (Å²) >= 11 is 0. The number of hydrogen-bond acceptors (Lipinski definition) is 3. The van der Waals surface area contributed by atoms with E-state index in [1.165, 1.54) is 11.1 Å². The van der Waals surface area contributed by atoms with Crippen molar-refractivity contribution in [1.82, 2.24) is 4.98 Å². The van der Waals surface area contributed by atoms with Crippen LogP contribution in [0.2, 0.25) is 0 Å². The maximum Gasteiger partial charge on any atom is 0.132 e. The number of aromatic nitrogens is 1. The van der Waals surface area contributed by atoms with Gasteiger partial charge in [0.1, 0.15) is 5.75 Å². The lowest BCUT2D eigenvalue weighted by molar-refractivity contribution is 0.358. The number of benzene rings is 1.